The molecule has 0 fully saturated rings. The fraction of sp³-hybridized carbons (Fsp3) is 0.286. The van der Waals surface area contributed by atoms with Gasteiger partial charge in [-0.2, -0.15) is 5.10 Å². The van der Waals surface area contributed by atoms with Crippen molar-refractivity contribution in [3.63, 3.8) is 0 Å². The zero-order chi connectivity index (χ0) is 8.97. The molecule has 0 spiro atoms. The van der Waals surface area contributed by atoms with Gasteiger partial charge in [0.1, 0.15) is 0 Å². The van der Waals surface area contributed by atoms with Crippen molar-refractivity contribution in [2.24, 2.45) is 0 Å². The van der Waals surface area contributed by atoms with E-state index >= 15 is 0 Å². The lowest BCUT2D eigenvalue weighted by atomic mass is 10.3. The van der Waals surface area contributed by atoms with Crippen molar-refractivity contribution in [2.75, 3.05) is 6.26 Å². The van der Waals surface area contributed by atoms with Gasteiger partial charge in [-0.1, -0.05) is 23.4 Å². The second kappa shape index (κ2) is 4.42. The molecule has 0 aliphatic heterocycles. The molecule has 5 heteroatoms. The third-order valence-corrected chi connectivity index (χ3v) is 2.04. The number of nitrogens with zero attached hydrogens (tertiary/aromatic N) is 2. The van der Waals surface area contributed by atoms with E-state index in [1.165, 1.54) is 11.8 Å². The maximum Gasteiger partial charge on any atom is 0.194 e. The van der Waals surface area contributed by atoms with Gasteiger partial charge in [-0.3, -0.25) is 4.79 Å². The number of aromatic nitrogens is 2. The number of carbonyl (C=O) groups excluding carboxylic acids is 1. The molecule has 0 N–H and O–H groups in total. The van der Waals surface area contributed by atoms with Crippen LogP contribution in [-0.2, 0) is 11.2 Å². The van der Waals surface area contributed by atoms with Crippen LogP contribution >= 0.6 is 23.4 Å². The van der Waals surface area contributed by atoms with Crippen molar-refractivity contribution in [3.05, 3.63) is 23.0 Å². The lowest BCUT2D eigenvalue weighted by Gasteiger charge is -1.95. The maximum absolute atomic E-state index is 10.9. The average molecular weight is 203 g/mol. The fourth-order valence-corrected chi connectivity index (χ4v) is 1.05. The molecule has 0 saturated heterocycles. The van der Waals surface area contributed by atoms with Crippen molar-refractivity contribution in [3.8, 4) is 0 Å². The zero-order valence-corrected chi connectivity index (χ0v) is 8.02. The number of rotatable bonds is 2. The van der Waals surface area contributed by atoms with Crippen LogP contribution < -0.4 is 0 Å². The summed E-state index contributed by atoms with van der Waals surface area (Å²) in [6.45, 7) is 0. The third kappa shape index (κ3) is 2.79. The van der Waals surface area contributed by atoms with E-state index < -0.39 is 0 Å². The van der Waals surface area contributed by atoms with Crippen LogP contribution in [0.5, 0.6) is 0 Å². The van der Waals surface area contributed by atoms with E-state index in [4.69, 9.17) is 11.6 Å². The van der Waals surface area contributed by atoms with E-state index in [1.807, 2.05) is 0 Å². The Labute approximate surface area is 79.5 Å². The quantitative estimate of drug-likeness (QED) is 0.730. The van der Waals surface area contributed by atoms with E-state index in [0.29, 0.717) is 17.3 Å². The minimum Gasteiger partial charge on any atom is -0.287 e. The minimum atomic E-state index is 0.0756. The molecule has 1 aromatic rings. The zero-order valence-electron chi connectivity index (χ0n) is 6.45. The predicted molar refractivity (Wildman–Crippen MR) is 49.3 cm³/mol. The van der Waals surface area contributed by atoms with Crippen LogP contribution in [0.2, 0.25) is 5.15 Å². The van der Waals surface area contributed by atoms with Crippen LogP contribution in [0.25, 0.3) is 0 Å². The van der Waals surface area contributed by atoms with E-state index in [0.717, 1.165) is 0 Å². The highest BCUT2D eigenvalue weighted by Crippen LogP contribution is 2.05. The number of hydrogen-bond acceptors (Lipinski definition) is 4. The average Bonchev–Trinajstić information content (AvgIpc) is 2.09. The van der Waals surface area contributed by atoms with Gasteiger partial charge in [0.2, 0.25) is 0 Å². The van der Waals surface area contributed by atoms with Gasteiger partial charge in [0.25, 0.3) is 0 Å². The summed E-state index contributed by atoms with van der Waals surface area (Å²) in [5.41, 5.74) is 0.652. The molecule has 0 bridgehead atoms. The number of thioether (sulfide) groups is 1. The normalized spacial score (nSPS) is 9.83. The van der Waals surface area contributed by atoms with Gasteiger partial charge in [0.05, 0.1) is 12.1 Å². The van der Waals surface area contributed by atoms with Crippen molar-refractivity contribution in [1.82, 2.24) is 10.2 Å². The molecule has 0 aliphatic carbocycles. The summed E-state index contributed by atoms with van der Waals surface area (Å²) in [4.78, 5) is 10.9. The monoisotopic (exact) mass is 202 g/mol. The first kappa shape index (κ1) is 9.48. The smallest absolute Gasteiger partial charge is 0.194 e. The van der Waals surface area contributed by atoms with Crippen molar-refractivity contribution in [1.29, 1.82) is 0 Å². The largest absolute Gasteiger partial charge is 0.287 e. The molecule has 0 aliphatic rings. The molecular formula is C7H7ClN2OS. The molecule has 0 atom stereocenters. The Morgan fingerprint density at radius 2 is 2.33 bits per heavy atom. The van der Waals surface area contributed by atoms with Gasteiger partial charge >= 0.3 is 0 Å². The van der Waals surface area contributed by atoms with Crippen LogP contribution in [0.1, 0.15) is 5.69 Å². The van der Waals surface area contributed by atoms with Gasteiger partial charge in [-0.05, 0) is 18.4 Å². The Kier molecular flexibility index (Phi) is 3.49. The first-order valence-electron chi connectivity index (χ1n) is 3.27. The Morgan fingerprint density at radius 3 is 2.83 bits per heavy atom. The van der Waals surface area contributed by atoms with E-state index in [2.05, 4.69) is 10.2 Å². The molecule has 1 aromatic heterocycles. The summed E-state index contributed by atoms with van der Waals surface area (Å²) < 4.78 is 0. The second-order valence-corrected chi connectivity index (χ2v) is 3.35. The summed E-state index contributed by atoms with van der Waals surface area (Å²) in [6.07, 6.45) is 2.05. The van der Waals surface area contributed by atoms with Gasteiger partial charge in [0, 0.05) is 0 Å². The SMILES string of the molecule is CSC(=O)Cc1ccc(Cl)nn1. The molecule has 0 amide bonds. The van der Waals surface area contributed by atoms with Gasteiger partial charge in [-0.25, -0.2) is 0 Å². The lowest BCUT2D eigenvalue weighted by Crippen LogP contribution is -2.00. The molecule has 1 heterocycles. The van der Waals surface area contributed by atoms with E-state index in [1.54, 1.807) is 18.4 Å². The van der Waals surface area contributed by atoms with E-state index in [9.17, 15) is 4.79 Å². The summed E-state index contributed by atoms with van der Waals surface area (Å²) in [6, 6.07) is 3.32. The Bertz CT molecular complexity index is 275. The predicted octanol–water partition coefficient (Wildman–Crippen LogP) is 1.56. The van der Waals surface area contributed by atoms with Crippen molar-refractivity contribution in [2.45, 2.75) is 6.42 Å². The maximum atomic E-state index is 10.9. The topological polar surface area (TPSA) is 42.9 Å². The van der Waals surface area contributed by atoms with Gasteiger partial charge < -0.3 is 0 Å². The molecule has 0 unspecified atom stereocenters. The van der Waals surface area contributed by atoms with Crippen LogP contribution in [0.3, 0.4) is 0 Å². The Balaban J connectivity index is 2.64. The van der Waals surface area contributed by atoms with Crippen LogP contribution in [0, 0.1) is 0 Å². The number of halogens is 1. The molecule has 0 saturated carbocycles. The molecular weight excluding hydrogens is 196 g/mol. The molecule has 1 rings (SSSR count). The number of hydrogen-bond donors (Lipinski definition) is 0. The molecule has 0 radical (unpaired) electrons. The molecule has 64 valence electrons. The van der Waals surface area contributed by atoms with E-state index in [-0.39, 0.29) is 5.12 Å². The highest BCUT2D eigenvalue weighted by Gasteiger charge is 2.02. The summed E-state index contributed by atoms with van der Waals surface area (Å²) in [7, 11) is 0. The fourth-order valence-electron chi connectivity index (χ4n) is 0.658. The Hall–Kier alpha value is -0.610. The summed E-state index contributed by atoms with van der Waals surface area (Å²) in [5, 5.41) is 7.79. The first-order chi connectivity index (χ1) is 5.72. The van der Waals surface area contributed by atoms with Crippen molar-refractivity contribution < 1.29 is 4.79 Å². The summed E-state index contributed by atoms with van der Waals surface area (Å²) in [5.74, 6) is 0. The van der Waals surface area contributed by atoms with Crippen LogP contribution in [0.4, 0.5) is 0 Å². The molecule has 0 aromatic carbocycles. The summed E-state index contributed by atoms with van der Waals surface area (Å²) >= 11 is 6.70. The standard InChI is InChI=1S/C7H7ClN2OS/c1-12-7(11)4-5-2-3-6(8)10-9-5/h2-3H,4H2,1H3. The highest BCUT2D eigenvalue weighted by atomic mass is 35.5. The minimum absolute atomic E-state index is 0.0756. The van der Waals surface area contributed by atoms with Gasteiger partial charge in [-0.15, -0.1) is 5.10 Å². The second-order valence-electron chi connectivity index (χ2n) is 2.10. The highest BCUT2D eigenvalue weighted by molar-refractivity contribution is 8.13. The number of carbonyl (C=O) groups is 1. The third-order valence-electron chi connectivity index (χ3n) is 1.24. The van der Waals surface area contributed by atoms with Crippen LogP contribution in [-0.4, -0.2) is 21.6 Å². The van der Waals surface area contributed by atoms with Crippen LogP contribution in [0.15, 0.2) is 12.1 Å². The first-order valence-corrected chi connectivity index (χ1v) is 4.87. The van der Waals surface area contributed by atoms with Crippen molar-refractivity contribution >= 4 is 28.5 Å². The van der Waals surface area contributed by atoms with Gasteiger partial charge in [0.15, 0.2) is 10.3 Å². The Morgan fingerprint density at radius 1 is 1.58 bits per heavy atom. The molecule has 12 heavy (non-hydrogen) atoms. The lowest BCUT2D eigenvalue weighted by molar-refractivity contribution is -0.110. The molecule has 3 nitrogen and oxygen atoms in total.